The second kappa shape index (κ2) is 6.81. The van der Waals surface area contributed by atoms with Crippen LogP contribution in [0.5, 0.6) is 5.75 Å². The Morgan fingerprint density at radius 2 is 1.67 bits per heavy atom. The smallest absolute Gasteiger partial charge is 0.163 e. The zero-order valence-electron chi connectivity index (χ0n) is 11.9. The first-order valence-corrected chi connectivity index (χ1v) is 7.81. The van der Waals surface area contributed by atoms with Crippen LogP contribution in [0.1, 0.15) is 0 Å². The molecule has 1 aromatic heterocycles. The van der Waals surface area contributed by atoms with Crippen molar-refractivity contribution in [3.8, 4) is 17.1 Å². The fraction of sp³-hybridized carbons (Fsp3) is 0. The highest BCUT2D eigenvalue weighted by atomic mass is 35.5. The van der Waals surface area contributed by atoms with Gasteiger partial charge in [-0.3, -0.25) is 0 Å². The third-order valence-electron chi connectivity index (χ3n) is 3.07. The number of phenolic OH excluding ortho intramolecular Hbond substituents is 1. The molecule has 0 aliphatic heterocycles. The molecule has 0 unspecified atom stereocenters. The van der Waals surface area contributed by atoms with E-state index in [4.69, 9.17) is 34.8 Å². The van der Waals surface area contributed by atoms with Gasteiger partial charge in [-0.25, -0.2) is 14.4 Å². The third kappa shape index (κ3) is 3.70. The Hall–Kier alpha value is -2.08. The molecule has 0 spiro atoms. The molecule has 0 atom stereocenters. The number of anilines is 2. The van der Waals surface area contributed by atoms with Crippen LogP contribution < -0.4 is 5.32 Å². The van der Waals surface area contributed by atoms with Crippen molar-refractivity contribution in [1.82, 2.24) is 9.97 Å². The molecule has 0 aliphatic rings. The predicted molar refractivity (Wildman–Crippen MR) is 93.8 cm³/mol. The van der Waals surface area contributed by atoms with Crippen molar-refractivity contribution in [2.24, 2.45) is 0 Å². The topological polar surface area (TPSA) is 58.0 Å². The van der Waals surface area contributed by atoms with E-state index < -0.39 is 5.82 Å². The third-order valence-corrected chi connectivity index (χ3v) is 3.84. The molecule has 8 heteroatoms. The van der Waals surface area contributed by atoms with Crippen LogP contribution in [0.15, 0.2) is 42.5 Å². The van der Waals surface area contributed by atoms with Gasteiger partial charge in [-0.15, -0.1) is 0 Å². The second-order valence-electron chi connectivity index (χ2n) is 4.82. The van der Waals surface area contributed by atoms with Crippen LogP contribution in [0.25, 0.3) is 11.4 Å². The van der Waals surface area contributed by atoms with Crippen LogP contribution in [0.2, 0.25) is 15.2 Å². The zero-order valence-corrected chi connectivity index (χ0v) is 14.2. The summed E-state index contributed by atoms with van der Waals surface area (Å²) in [6.07, 6.45) is 0. The Kier molecular flexibility index (Phi) is 4.76. The molecule has 4 nitrogen and oxygen atoms in total. The van der Waals surface area contributed by atoms with Crippen LogP contribution in [-0.2, 0) is 0 Å². The standard InChI is InChI=1S/C16H9Cl3FN3O/c17-11-5-10(6-12(18)15(11)24)21-14-7-13(19)22-16(23-14)8-2-1-3-9(20)4-8/h1-7,24H,(H,21,22,23). The van der Waals surface area contributed by atoms with E-state index in [0.29, 0.717) is 17.1 Å². The van der Waals surface area contributed by atoms with E-state index in [0.717, 1.165) is 0 Å². The summed E-state index contributed by atoms with van der Waals surface area (Å²) < 4.78 is 13.4. The lowest BCUT2D eigenvalue weighted by atomic mass is 10.2. The molecule has 0 radical (unpaired) electrons. The predicted octanol–water partition coefficient (Wildman–Crippen LogP) is 5.69. The van der Waals surface area contributed by atoms with Crippen molar-refractivity contribution in [3.63, 3.8) is 0 Å². The van der Waals surface area contributed by atoms with Gasteiger partial charge >= 0.3 is 0 Å². The van der Waals surface area contributed by atoms with Crippen molar-refractivity contribution >= 4 is 46.3 Å². The molecule has 0 amide bonds. The van der Waals surface area contributed by atoms with Gasteiger partial charge < -0.3 is 10.4 Å². The molecule has 0 saturated carbocycles. The number of nitrogens with zero attached hydrogens (tertiary/aromatic N) is 2. The first-order chi connectivity index (χ1) is 11.4. The van der Waals surface area contributed by atoms with Gasteiger partial charge in [-0.1, -0.05) is 46.9 Å². The summed E-state index contributed by atoms with van der Waals surface area (Å²) in [6.45, 7) is 0. The molecule has 3 rings (SSSR count). The van der Waals surface area contributed by atoms with Crippen molar-refractivity contribution in [1.29, 1.82) is 0 Å². The van der Waals surface area contributed by atoms with E-state index in [2.05, 4.69) is 15.3 Å². The van der Waals surface area contributed by atoms with Crippen molar-refractivity contribution in [2.45, 2.75) is 0 Å². The summed E-state index contributed by atoms with van der Waals surface area (Å²) in [4.78, 5) is 8.39. The van der Waals surface area contributed by atoms with Gasteiger partial charge in [0.25, 0.3) is 0 Å². The number of hydrogen-bond acceptors (Lipinski definition) is 4. The largest absolute Gasteiger partial charge is 0.505 e. The number of phenols is 1. The number of rotatable bonds is 3. The molecule has 0 saturated heterocycles. The maximum atomic E-state index is 13.4. The number of halogens is 4. The van der Waals surface area contributed by atoms with Crippen molar-refractivity contribution < 1.29 is 9.50 Å². The Balaban J connectivity index is 1.98. The van der Waals surface area contributed by atoms with E-state index in [1.165, 1.54) is 30.3 Å². The quantitative estimate of drug-likeness (QED) is 0.450. The normalized spacial score (nSPS) is 10.7. The number of hydrogen-bond donors (Lipinski definition) is 2. The van der Waals surface area contributed by atoms with E-state index in [1.54, 1.807) is 12.1 Å². The lowest BCUT2D eigenvalue weighted by Crippen LogP contribution is -1.98. The number of aromatic nitrogens is 2. The molecule has 24 heavy (non-hydrogen) atoms. The molecule has 2 aromatic carbocycles. The van der Waals surface area contributed by atoms with Crippen LogP contribution in [-0.4, -0.2) is 15.1 Å². The van der Waals surface area contributed by atoms with Gasteiger partial charge in [-0.2, -0.15) is 0 Å². The summed E-state index contributed by atoms with van der Waals surface area (Å²) in [7, 11) is 0. The average Bonchev–Trinajstić information content (AvgIpc) is 2.52. The average molecular weight is 385 g/mol. The van der Waals surface area contributed by atoms with Crippen molar-refractivity contribution in [3.05, 3.63) is 63.5 Å². The first-order valence-electron chi connectivity index (χ1n) is 6.68. The van der Waals surface area contributed by atoms with Crippen LogP contribution in [0.3, 0.4) is 0 Å². The Morgan fingerprint density at radius 3 is 2.33 bits per heavy atom. The Bertz CT molecular complexity index is 898. The molecular weight excluding hydrogens is 376 g/mol. The van der Waals surface area contributed by atoms with E-state index >= 15 is 0 Å². The van der Waals surface area contributed by atoms with Crippen molar-refractivity contribution in [2.75, 3.05) is 5.32 Å². The van der Waals surface area contributed by atoms with Gasteiger partial charge in [0, 0.05) is 17.3 Å². The number of benzene rings is 2. The van der Waals surface area contributed by atoms with Crippen LogP contribution >= 0.6 is 34.8 Å². The summed E-state index contributed by atoms with van der Waals surface area (Å²) in [5.41, 5.74) is 0.991. The minimum Gasteiger partial charge on any atom is -0.505 e. The van der Waals surface area contributed by atoms with Gasteiger partial charge in [0.2, 0.25) is 0 Å². The molecule has 3 aromatic rings. The molecule has 0 bridgehead atoms. The number of nitrogens with one attached hydrogen (secondary N) is 1. The fourth-order valence-corrected chi connectivity index (χ4v) is 2.69. The molecular formula is C16H9Cl3FN3O. The summed E-state index contributed by atoms with van der Waals surface area (Å²) >= 11 is 17.8. The Morgan fingerprint density at radius 1 is 0.958 bits per heavy atom. The highest BCUT2D eigenvalue weighted by Gasteiger charge is 2.10. The van der Waals surface area contributed by atoms with E-state index in [1.807, 2.05) is 0 Å². The molecule has 122 valence electrons. The maximum Gasteiger partial charge on any atom is 0.163 e. The summed E-state index contributed by atoms with van der Waals surface area (Å²) in [6, 6.07) is 10.3. The molecule has 0 aliphatic carbocycles. The lowest BCUT2D eigenvalue weighted by Gasteiger charge is -2.10. The van der Waals surface area contributed by atoms with Gasteiger partial charge in [0.05, 0.1) is 10.0 Å². The monoisotopic (exact) mass is 383 g/mol. The van der Waals surface area contributed by atoms with Crippen LogP contribution in [0, 0.1) is 5.82 Å². The number of aromatic hydroxyl groups is 1. The van der Waals surface area contributed by atoms with Gasteiger partial charge in [0.1, 0.15) is 16.8 Å². The minimum atomic E-state index is -0.400. The summed E-state index contributed by atoms with van der Waals surface area (Å²) in [5, 5.41) is 12.9. The first kappa shape index (κ1) is 16.8. The Labute approximate surface area is 151 Å². The van der Waals surface area contributed by atoms with Gasteiger partial charge in [-0.05, 0) is 24.3 Å². The van der Waals surface area contributed by atoms with Gasteiger partial charge in [0.15, 0.2) is 11.6 Å². The zero-order chi connectivity index (χ0) is 17.3. The second-order valence-corrected chi connectivity index (χ2v) is 6.03. The minimum absolute atomic E-state index is 0.0931. The van der Waals surface area contributed by atoms with E-state index in [9.17, 15) is 9.50 Å². The SMILES string of the molecule is Oc1c(Cl)cc(Nc2cc(Cl)nc(-c3cccc(F)c3)n2)cc1Cl. The lowest BCUT2D eigenvalue weighted by molar-refractivity contribution is 0.476. The highest BCUT2D eigenvalue weighted by Crippen LogP contribution is 2.35. The van der Waals surface area contributed by atoms with Crippen LogP contribution in [0.4, 0.5) is 15.9 Å². The van der Waals surface area contributed by atoms with E-state index in [-0.39, 0.29) is 26.8 Å². The molecule has 0 fully saturated rings. The molecule has 1 heterocycles. The molecule has 2 N–H and O–H groups in total. The summed E-state index contributed by atoms with van der Waals surface area (Å²) in [5.74, 6) is 0.0280. The highest BCUT2D eigenvalue weighted by molar-refractivity contribution is 6.37. The maximum absolute atomic E-state index is 13.4. The fourth-order valence-electron chi connectivity index (χ4n) is 2.02.